The molecule has 0 aromatic carbocycles. The summed E-state index contributed by atoms with van der Waals surface area (Å²) in [6, 6.07) is 2.00. The molecule has 0 fully saturated rings. The number of nitrogens with zero attached hydrogens (tertiary/aromatic N) is 2. The average molecular weight is 352 g/mol. The van der Waals surface area contributed by atoms with Gasteiger partial charge >= 0.3 is 0 Å². The lowest BCUT2D eigenvalue weighted by Gasteiger charge is -2.08. The van der Waals surface area contributed by atoms with Gasteiger partial charge in [0.25, 0.3) is 0 Å². The second-order valence-electron chi connectivity index (χ2n) is 5.05. The fourth-order valence-electron chi connectivity index (χ4n) is 2.29. The Kier molecular flexibility index (Phi) is 4.67. The van der Waals surface area contributed by atoms with Gasteiger partial charge in [-0.3, -0.25) is 0 Å². The molecule has 3 rings (SSSR count). The van der Waals surface area contributed by atoms with Gasteiger partial charge in [-0.2, -0.15) is 0 Å². The SMILES string of the molecule is CCCC[S+]([O-])c1sc2nc(-c3nccs3)cc(C)c2c1N. The largest absolute Gasteiger partial charge is 0.611 e. The second kappa shape index (κ2) is 6.54. The molecule has 1 unspecified atom stereocenters. The van der Waals surface area contributed by atoms with Gasteiger partial charge in [-0.1, -0.05) is 24.7 Å². The summed E-state index contributed by atoms with van der Waals surface area (Å²) in [5.41, 5.74) is 8.79. The highest BCUT2D eigenvalue weighted by Crippen LogP contribution is 2.39. The highest BCUT2D eigenvalue weighted by atomic mass is 32.2. The number of aryl methyl sites for hydroxylation is 1. The molecule has 3 heterocycles. The van der Waals surface area contributed by atoms with Crippen LogP contribution in [-0.4, -0.2) is 20.3 Å². The molecule has 3 aromatic heterocycles. The van der Waals surface area contributed by atoms with Crippen molar-refractivity contribution in [3.63, 3.8) is 0 Å². The van der Waals surface area contributed by atoms with Crippen LogP contribution in [0.2, 0.25) is 0 Å². The first kappa shape index (κ1) is 15.7. The van der Waals surface area contributed by atoms with Gasteiger partial charge < -0.3 is 10.3 Å². The van der Waals surface area contributed by atoms with Gasteiger partial charge in [-0.25, -0.2) is 9.97 Å². The third-order valence-corrected chi connectivity index (χ3v) is 7.19. The van der Waals surface area contributed by atoms with E-state index >= 15 is 0 Å². The summed E-state index contributed by atoms with van der Waals surface area (Å²) in [5.74, 6) is 0.659. The molecule has 22 heavy (non-hydrogen) atoms. The molecule has 2 N–H and O–H groups in total. The fourth-order valence-corrected chi connectivity index (χ4v) is 5.73. The van der Waals surface area contributed by atoms with Crippen LogP contribution in [0.5, 0.6) is 0 Å². The standard InChI is InChI=1S/C15H17N3OS3/c1-3-4-7-22(19)15-12(16)11-9(2)8-10(18-14(11)21-15)13-17-5-6-20-13/h5-6,8H,3-4,7,16H2,1-2H3. The predicted molar refractivity (Wildman–Crippen MR) is 96.1 cm³/mol. The number of aromatic nitrogens is 2. The van der Waals surface area contributed by atoms with Crippen molar-refractivity contribution in [3.8, 4) is 10.7 Å². The molecule has 0 amide bonds. The normalized spacial score (nSPS) is 12.9. The lowest BCUT2D eigenvalue weighted by molar-refractivity contribution is 0.594. The van der Waals surface area contributed by atoms with Crippen LogP contribution in [0.15, 0.2) is 21.9 Å². The fraction of sp³-hybridized carbons (Fsp3) is 0.333. The van der Waals surface area contributed by atoms with E-state index in [-0.39, 0.29) is 0 Å². The van der Waals surface area contributed by atoms with Crippen molar-refractivity contribution in [2.24, 2.45) is 0 Å². The summed E-state index contributed by atoms with van der Waals surface area (Å²) in [7, 11) is 0. The Balaban J connectivity index is 2.07. The lowest BCUT2D eigenvalue weighted by Crippen LogP contribution is -2.06. The van der Waals surface area contributed by atoms with Crippen LogP contribution >= 0.6 is 22.7 Å². The number of rotatable bonds is 5. The van der Waals surface area contributed by atoms with Crippen LogP contribution in [0.25, 0.3) is 20.9 Å². The smallest absolute Gasteiger partial charge is 0.232 e. The minimum atomic E-state index is -1.04. The maximum Gasteiger partial charge on any atom is 0.232 e. The van der Waals surface area contributed by atoms with Crippen LogP contribution in [0.3, 0.4) is 0 Å². The number of fused-ring (bicyclic) bond motifs is 1. The lowest BCUT2D eigenvalue weighted by atomic mass is 10.1. The average Bonchev–Trinajstić information content (AvgIpc) is 3.13. The van der Waals surface area contributed by atoms with Crippen LogP contribution in [-0.2, 0) is 11.2 Å². The van der Waals surface area contributed by atoms with Gasteiger partial charge in [-0.15, -0.1) is 11.3 Å². The van der Waals surface area contributed by atoms with Crippen LogP contribution in [0, 0.1) is 6.92 Å². The number of pyridine rings is 1. The van der Waals surface area contributed by atoms with E-state index in [4.69, 9.17) is 5.73 Å². The van der Waals surface area contributed by atoms with Gasteiger partial charge in [0.2, 0.25) is 4.21 Å². The van der Waals surface area contributed by atoms with E-state index in [1.165, 1.54) is 11.3 Å². The zero-order chi connectivity index (χ0) is 15.7. The summed E-state index contributed by atoms with van der Waals surface area (Å²) in [6.45, 7) is 4.11. The number of hydrogen-bond acceptors (Lipinski definition) is 6. The molecule has 1 atom stereocenters. The van der Waals surface area contributed by atoms with E-state index in [9.17, 15) is 4.55 Å². The molecular formula is C15H17N3OS3. The molecule has 4 nitrogen and oxygen atoms in total. The van der Waals surface area contributed by atoms with Crippen LogP contribution in [0.4, 0.5) is 5.69 Å². The first-order valence-corrected chi connectivity index (χ1v) is 10.1. The highest BCUT2D eigenvalue weighted by molar-refractivity contribution is 7.93. The van der Waals surface area contributed by atoms with Crippen molar-refractivity contribution in [2.75, 3.05) is 11.5 Å². The van der Waals surface area contributed by atoms with Crippen molar-refractivity contribution in [3.05, 3.63) is 23.2 Å². The first-order chi connectivity index (χ1) is 10.6. The predicted octanol–water partition coefficient (Wildman–Crippen LogP) is 4.22. The summed E-state index contributed by atoms with van der Waals surface area (Å²) in [6.07, 6.45) is 3.74. The van der Waals surface area contributed by atoms with Gasteiger partial charge in [0.1, 0.15) is 27.0 Å². The molecule has 7 heteroatoms. The monoisotopic (exact) mass is 351 g/mol. The van der Waals surface area contributed by atoms with Gasteiger partial charge in [0.15, 0.2) is 0 Å². The molecule has 0 aliphatic heterocycles. The van der Waals surface area contributed by atoms with Crippen molar-refractivity contribution in [2.45, 2.75) is 30.9 Å². The number of hydrogen-bond donors (Lipinski definition) is 1. The third kappa shape index (κ3) is 2.86. The van der Waals surface area contributed by atoms with Gasteiger partial charge in [0, 0.05) is 17.0 Å². The summed E-state index contributed by atoms with van der Waals surface area (Å²) < 4.78 is 13.2. The van der Waals surface area contributed by atoms with E-state index in [0.29, 0.717) is 11.4 Å². The Morgan fingerprint density at radius 1 is 1.41 bits per heavy atom. The van der Waals surface area contributed by atoms with E-state index < -0.39 is 11.2 Å². The number of nitrogens with two attached hydrogens (primary N) is 1. The Morgan fingerprint density at radius 3 is 2.91 bits per heavy atom. The molecule has 3 aromatic rings. The Bertz CT molecular complexity index is 783. The van der Waals surface area contributed by atoms with Gasteiger partial charge in [0.05, 0.1) is 0 Å². The van der Waals surface area contributed by atoms with E-state index in [2.05, 4.69) is 16.9 Å². The zero-order valence-electron chi connectivity index (χ0n) is 12.5. The minimum absolute atomic E-state index is 0.630. The second-order valence-corrected chi connectivity index (χ2v) is 8.71. The summed E-state index contributed by atoms with van der Waals surface area (Å²) in [4.78, 5) is 9.83. The first-order valence-electron chi connectivity index (χ1n) is 7.09. The maximum absolute atomic E-state index is 12.4. The number of nitrogen functional groups attached to an aromatic ring is 1. The number of thiazole rings is 1. The van der Waals surface area contributed by atoms with Crippen LogP contribution in [0.1, 0.15) is 25.3 Å². The molecule has 0 aliphatic rings. The number of unbranched alkanes of at least 4 members (excludes halogenated alkanes) is 1. The van der Waals surface area contributed by atoms with E-state index in [1.807, 2.05) is 18.4 Å². The molecule has 0 aliphatic carbocycles. The topological polar surface area (TPSA) is 74.9 Å². The Hall–Kier alpha value is -1.15. The van der Waals surface area contributed by atoms with Crippen LogP contribution < -0.4 is 5.73 Å². The minimum Gasteiger partial charge on any atom is -0.611 e. The Morgan fingerprint density at radius 2 is 2.23 bits per heavy atom. The van der Waals surface area contributed by atoms with Crippen molar-refractivity contribution in [1.82, 2.24) is 9.97 Å². The summed E-state index contributed by atoms with van der Waals surface area (Å²) >= 11 is 1.97. The van der Waals surface area contributed by atoms with Crippen molar-refractivity contribution in [1.29, 1.82) is 0 Å². The molecule has 116 valence electrons. The highest BCUT2D eigenvalue weighted by Gasteiger charge is 2.23. The molecule has 0 bridgehead atoms. The van der Waals surface area contributed by atoms with E-state index in [0.717, 1.165) is 43.5 Å². The third-order valence-electron chi connectivity index (χ3n) is 3.40. The molecule has 0 spiro atoms. The van der Waals surface area contributed by atoms with Gasteiger partial charge in [-0.05, 0) is 36.2 Å². The summed E-state index contributed by atoms with van der Waals surface area (Å²) in [5, 5.41) is 3.76. The number of anilines is 1. The number of thiophene rings is 1. The quantitative estimate of drug-likeness (QED) is 0.698. The van der Waals surface area contributed by atoms with Crippen molar-refractivity contribution < 1.29 is 4.55 Å². The maximum atomic E-state index is 12.4. The molecule has 0 radical (unpaired) electrons. The molecule has 0 saturated heterocycles. The molecule has 0 saturated carbocycles. The van der Waals surface area contributed by atoms with E-state index in [1.54, 1.807) is 17.5 Å². The Labute approximate surface area is 140 Å². The molecular weight excluding hydrogens is 334 g/mol. The van der Waals surface area contributed by atoms with Crippen molar-refractivity contribution >= 4 is 49.8 Å². The zero-order valence-corrected chi connectivity index (χ0v) is 14.9.